The lowest BCUT2D eigenvalue weighted by atomic mass is 10.3. The molecule has 0 unspecified atom stereocenters. The van der Waals surface area contributed by atoms with E-state index in [-0.39, 0.29) is 0 Å². The van der Waals surface area contributed by atoms with E-state index in [0.29, 0.717) is 11.4 Å². The fraction of sp³-hybridized carbons (Fsp3) is 0.167. The van der Waals surface area contributed by atoms with Crippen LogP contribution in [0.5, 0.6) is 0 Å². The van der Waals surface area contributed by atoms with E-state index >= 15 is 0 Å². The molecule has 1 N–H and O–H groups in total. The lowest BCUT2D eigenvalue weighted by Gasteiger charge is -2.10. The van der Waals surface area contributed by atoms with E-state index in [4.69, 9.17) is 0 Å². The number of hydrogen-bond acceptors (Lipinski definition) is 3. The van der Waals surface area contributed by atoms with E-state index in [1.54, 1.807) is 41.3 Å². The number of amides is 1. The SMILES string of the molecule is O=C(Nc1cccc(-n2cccn2)c1)OCC(F)(F)F. The summed E-state index contributed by atoms with van der Waals surface area (Å²) in [4.78, 5) is 11.2. The molecule has 8 heteroatoms. The quantitative estimate of drug-likeness (QED) is 0.943. The highest BCUT2D eigenvalue weighted by Gasteiger charge is 2.29. The van der Waals surface area contributed by atoms with Gasteiger partial charge in [-0.2, -0.15) is 18.3 Å². The Morgan fingerprint density at radius 3 is 2.80 bits per heavy atom. The zero-order valence-electron chi connectivity index (χ0n) is 10.1. The number of alkyl halides is 3. The topological polar surface area (TPSA) is 56.2 Å². The third kappa shape index (κ3) is 4.01. The Labute approximate surface area is 112 Å². The maximum atomic E-state index is 11.9. The van der Waals surface area contributed by atoms with Crippen LogP contribution in [0.25, 0.3) is 5.69 Å². The van der Waals surface area contributed by atoms with Gasteiger partial charge < -0.3 is 4.74 Å². The molecule has 0 aliphatic heterocycles. The summed E-state index contributed by atoms with van der Waals surface area (Å²) in [6.07, 6.45) is -2.44. The van der Waals surface area contributed by atoms with Crippen LogP contribution in [0.2, 0.25) is 0 Å². The molecular weight excluding hydrogens is 275 g/mol. The number of aromatic nitrogens is 2. The van der Waals surface area contributed by atoms with Gasteiger partial charge in [-0.15, -0.1) is 0 Å². The van der Waals surface area contributed by atoms with Gasteiger partial charge in [0.05, 0.1) is 5.69 Å². The predicted octanol–water partition coefficient (Wildman–Crippen LogP) is 2.98. The smallest absolute Gasteiger partial charge is 0.422 e. The molecule has 5 nitrogen and oxygen atoms in total. The van der Waals surface area contributed by atoms with Gasteiger partial charge in [-0.05, 0) is 24.3 Å². The van der Waals surface area contributed by atoms with E-state index in [0.717, 1.165) is 0 Å². The first-order valence-corrected chi connectivity index (χ1v) is 5.55. The minimum atomic E-state index is -4.55. The Morgan fingerprint density at radius 2 is 2.15 bits per heavy atom. The standard InChI is InChI=1S/C12H10F3N3O2/c13-12(14,15)8-20-11(19)17-9-3-1-4-10(7-9)18-6-2-5-16-18/h1-7H,8H2,(H,17,19). The molecule has 1 heterocycles. The molecule has 0 spiro atoms. The van der Waals surface area contributed by atoms with Gasteiger partial charge in [-0.25, -0.2) is 9.48 Å². The second kappa shape index (κ2) is 5.64. The molecule has 20 heavy (non-hydrogen) atoms. The Balaban J connectivity index is 2.00. The maximum Gasteiger partial charge on any atom is 0.422 e. The molecule has 2 rings (SSSR count). The molecule has 0 atom stereocenters. The van der Waals surface area contributed by atoms with Gasteiger partial charge >= 0.3 is 12.3 Å². The van der Waals surface area contributed by atoms with E-state index < -0.39 is 18.9 Å². The van der Waals surface area contributed by atoms with Crippen LogP contribution in [0.3, 0.4) is 0 Å². The molecule has 0 radical (unpaired) electrons. The minimum Gasteiger partial charge on any atom is -0.440 e. The fourth-order valence-electron chi connectivity index (χ4n) is 1.45. The third-order valence-corrected chi connectivity index (χ3v) is 2.23. The minimum absolute atomic E-state index is 0.310. The van der Waals surface area contributed by atoms with Gasteiger partial charge in [0.2, 0.25) is 0 Å². The number of nitrogens with one attached hydrogen (secondary N) is 1. The van der Waals surface area contributed by atoms with Gasteiger partial charge in [0, 0.05) is 18.1 Å². The van der Waals surface area contributed by atoms with Gasteiger partial charge in [0.25, 0.3) is 0 Å². The van der Waals surface area contributed by atoms with Crippen molar-refractivity contribution < 1.29 is 22.7 Å². The lowest BCUT2D eigenvalue weighted by molar-refractivity contribution is -0.159. The summed E-state index contributed by atoms with van der Waals surface area (Å²) in [6.45, 7) is -1.63. The van der Waals surface area contributed by atoms with E-state index in [1.165, 1.54) is 6.07 Å². The highest BCUT2D eigenvalue weighted by molar-refractivity contribution is 5.85. The monoisotopic (exact) mass is 285 g/mol. The van der Waals surface area contributed by atoms with Crippen LogP contribution in [0.15, 0.2) is 42.7 Å². The Bertz CT molecular complexity index is 582. The maximum absolute atomic E-state index is 11.9. The Hall–Kier alpha value is -2.51. The fourth-order valence-corrected chi connectivity index (χ4v) is 1.45. The van der Waals surface area contributed by atoms with Crippen molar-refractivity contribution in [3.8, 4) is 5.69 Å². The van der Waals surface area contributed by atoms with Crippen LogP contribution >= 0.6 is 0 Å². The second-order valence-electron chi connectivity index (χ2n) is 3.82. The van der Waals surface area contributed by atoms with Crippen molar-refractivity contribution in [1.29, 1.82) is 0 Å². The molecule has 1 aromatic heterocycles. The third-order valence-electron chi connectivity index (χ3n) is 2.23. The number of rotatable bonds is 3. The molecule has 1 aromatic carbocycles. The second-order valence-corrected chi connectivity index (χ2v) is 3.82. The Morgan fingerprint density at radius 1 is 1.35 bits per heavy atom. The molecule has 0 aliphatic rings. The van der Waals surface area contributed by atoms with Crippen molar-refractivity contribution in [2.24, 2.45) is 0 Å². The molecular formula is C12H10F3N3O2. The molecule has 1 amide bonds. The number of benzene rings is 1. The number of carbonyl (C=O) groups excluding carboxylic acids is 1. The van der Waals surface area contributed by atoms with Crippen LogP contribution in [-0.4, -0.2) is 28.7 Å². The number of carbonyl (C=O) groups is 1. The molecule has 106 valence electrons. The summed E-state index contributed by atoms with van der Waals surface area (Å²) in [6, 6.07) is 8.18. The first-order valence-electron chi connectivity index (χ1n) is 5.55. The molecule has 0 aliphatic carbocycles. The van der Waals surface area contributed by atoms with E-state index in [1.807, 2.05) is 0 Å². The highest BCUT2D eigenvalue weighted by Crippen LogP contribution is 2.16. The Kier molecular flexibility index (Phi) is 3.92. The lowest BCUT2D eigenvalue weighted by Crippen LogP contribution is -2.23. The molecule has 0 bridgehead atoms. The number of hydrogen-bond donors (Lipinski definition) is 1. The first kappa shape index (κ1) is 13.9. The van der Waals surface area contributed by atoms with Crippen LogP contribution in [-0.2, 0) is 4.74 Å². The summed E-state index contributed by atoms with van der Waals surface area (Å²) < 4.78 is 41.3. The summed E-state index contributed by atoms with van der Waals surface area (Å²) in [5.74, 6) is 0. The first-order chi connectivity index (χ1) is 9.44. The summed E-state index contributed by atoms with van der Waals surface area (Å²) in [5, 5.41) is 6.21. The molecule has 0 fully saturated rings. The molecule has 0 saturated heterocycles. The van der Waals surface area contributed by atoms with Crippen LogP contribution < -0.4 is 5.32 Å². The number of nitrogens with zero attached hydrogens (tertiary/aromatic N) is 2. The van der Waals surface area contributed by atoms with Gasteiger partial charge in [-0.3, -0.25) is 5.32 Å². The number of halogens is 3. The average molecular weight is 285 g/mol. The number of ether oxygens (including phenoxy) is 1. The van der Waals surface area contributed by atoms with Crippen molar-refractivity contribution in [3.63, 3.8) is 0 Å². The number of anilines is 1. The van der Waals surface area contributed by atoms with Crippen molar-refractivity contribution in [2.75, 3.05) is 11.9 Å². The van der Waals surface area contributed by atoms with Crippen molar-refractivity contribution >= 4 is 11.8 Å². The summed E-state index contributed by atoms with van der Waals surface area (Å²) in [5.41, 5.74) is 0.966. The summed E-state index contributed by atoms with van der Waals surface area (Å²) in [7, 11) is 0. The summed E-state index contributed by atoms with van der Waals surface area (Å²) >= 11 is 0. The molecule has 0 saturated carbocycles. The molecule has 2 aromatic rings. The van der Waals surface area contributed by atoms with Gasteiger partial charge in [-0.1, -0.05) is 6.07 Å². The van der Waals surface area contributed by atoms with Crippen molar-refractivity contribution in [2.45, 2.75) is 6.18 Å². The van der Waals surface area contributed by atoms with Gasteiger partial charge in [0.15, 0.2) is 6.61 Å². The van der Waals surface area contributed by atoms with Crippen molar-refractivity contribution in [3.05, 3.63) is 42.7 Å². The van der Waals surface area contributed by atoms with Gasteiger partial charge in [0.1, 0.15) is 0 Å². The van der Waals surface area contributed by atoms with E-state index in [9.17, 15) is 18.0 Å². The zero-order valence-corrected chi connectivity index (χ0v) is 10.1. The van der Waals surface area contributed by atoms with Crippen molar-refractivity contribution in [1.82, 2.24) is 9.78 Å². The van der Waals surface area contributed by atoms with E-state index in [2.05, 4.69) is 15.2 Å². The van der Waals surface area contributed by atoms with Crippen LogP contribution in [0, 0.1) is 0 Å². The van der Waals surface area contributed by atoms with Crippen LogP contribution in [0.1, 0.15) is 0 Å². The average Bonchev–Trinajstić information content (AvgIpc) is 2.90. The zero-order chi connectivity index (χ0) is 14.6. The normalized spacial score (nSPS) is 11.2. The largest absolute Gasteiger partial charge is 0.440 e. The highest BCUT2D eigenvalue weighted by atomic mass is 19.4. The van der Waals surface area contributed by atoms with Crippen LogP contribution in [0.4, 0.5) is 23.7 Å². The predicted molar refractivity (Wildman–Crippen MR) is 64.6 cm³/mol.